The summed E-state index contributed by atoms with van der Waals surface area (Å²) in [7, 11) is -3.79. The summed E-state index contributed by atoms with van der Waals surface area (Å²) in [5, 5.41) is -0.175. The predicted molar refractivity (Wildman–Crippen MR) is 85.0 cm³/mol. The maximum atomic E-state index is 12.3. The van der Waals surface area contributed by atoms with Gasteiger partial charge in [-0.15, -0.1) is 0 Å². The molecule has 1 aromatic carbocycles. The van der Waals surface area contributed by atoms with Crippen LogP contribution in [0.25, 0.3) is 0 Å². The largest absolute Gasteiger partial charge is 0.326 e. The number of nitrogens with one attached hydrogen (secondary N) is 2. The summed E-state index contributed by atoms with van der Waals surface area (Å²) in [4.78, 5) is 13.4. The number of aromatic nitrogens is 1. The van der Waals surface area contributed by atoms with Crippen LogP contribution in [0.2, 0.25) is 5.02 Å². The van der Waals surface area contributed by atoms with E-state index in [1.165, 1.54) is 0 Å². The topological polar surface area (TPSA) is 79.0 Å². The summed E-state index contributed by atoms with van der Waals surface area (Å²) >= 11 is 9.03. The van der Waals surface area contributed by atoms with E-state index >= 15 is 0 Å². The highest BCUT2D eigenvalue weighted by Gasteiger charge is 2.20. The molecule has 0 saturated carbocycles. The van der Waals surface area contributed by atoms with E-state index in [1.807, 2.05) is 24.3 Å². The van der Waals surface area contributed by atoms with Crippen LogP contribution in [-0.2, 0) is 10.0 Å². The van der Waals surface area contributed by atoms with Gasteiger partial charge in [0, 0.05) is 16.7 Å². The van der Waals surface area contributed by atoms with E-state index in [4.69, 9.17) is 11.6 Å². The SMILES string of the molecule is CC(NS(=O)(=O)c1c[nH]c(=O)c(Cl)c1)c1ccccc1Br. The normalized spacial score (nSPS) is 13.1. The zero-order chi connectivity index (χ0) is 15.6. The van der Waals surface area contributed by atoms with E-state index in [2.05, 4.69) is 25.6 Å². The van der Waals surface area contributed by atoms with Gasteiger partial charge < -0.3 is 4.98 Å². The number of H-pyrrole nitrogens is 1. The lowest BCUT2D eigenvalue weighted by molar-refractivity contribution is 0.566. The first-order chi connectivity index (χ1) is 9.81. The van der Waals surface area contributed by atoms with Gasteiger partial charge in [-0.3, -0.25) is 4.79 Å². The van der Waals surface area contributed by atoms with Gasteiger partial charge in [-0.2, -0.15) is 0 Å². The van der Waals surface area contributed by atoms with Gasteiger partial charge in [0.25, 0.3) is 5.56 Å². The zero-order valence-electron chi connectivity index (χ0n) is 10.9. The molecule has 0 bridgehead atoms. The Labute approximate surface area is 135 Å². The van der Waals surface area contributed by atoms with Gasteiger partial charge in [0.1, 0.15) is 5.02 Å². The molecule has 5 nitrogen and oxygen atoms in total. The minimum absolute atomic E-state index is 0.0917. The van der Waals surface area contributed by atoms with E-state index in [0.717, 1.165) is 22.3 Å². The monoisotopic (exact) mass is 390 g/mol. The second kappa shape index (κ2) is 6.31. The lowest BCUT2D eigenvalue weighted by Gasteiger charge is -2.16. The molecule has 0 saturated heterocycles. The smallest absolute Gasteiger partial charge is 0.266 e. The fourth-order valence-corrected chi connectivity index (χ4v) is 3.86. The molecular formula is C13H12BrClN2O3S. The van der Waals surface area contributed by atoms with Crippen LogP contribution in [0.5, 0.6) is 0 Å². The molecule has 112 valence electrons. The molecule has 0 radical (unpaired) electrons. The lowest BCUT2D eigenvalue weighted by atomic mass is 10.1. The Balaban J connectivity index is 2.31. The fraction of sp³-hybridized carbons (Fsp3) is 0.154. The van der Waals surface area contributed by atoms with Gasteiger partial charge in [-0.1, -0.05) is 45.7 Å². The number of aromatic amines is 1. The van der Waals surface area contributed by atoms with Gasteiger partial charge >= 0.3 is 0 Å². The third-order valence-corrected chi connectivity index (χ3v) is 5.37. The molecule has 0 aliphatic rings. The summed E-state index contributed by atoms with van der Waals surface area (Å²) in [6.07, 6.45) is 1.11. The summed E-state index contributed by atoms with van der Waals surface area (Å²) in [6, 6.07) is 7.98. The second-order valence-corrected chi connectivity index (χ2v) is 7.35. The Morgan fingerprint density at radius 1 is 1.33 bits per heavy atom. The molecule has 2 aromatic rings. The maximum Gasteiger partial charge on any atom is 0.266 e. The van der Waals surface area contributed by atoms with Gasteiger partial charge in [-0.05, 0) is 24.6 Å². The minimum Gasteiger partial charge on any atom is -0.326 e. The summed E-state index contributed by atoms with van der Waals surface area (Å²) in [6.45, 7) is 1.73. The number of pyridine rings is 1. The van der Waals surface area contributed by atoms with Crippen molar-refractivity contribution in [3.05, 3.63) is 61.9 Å². The molecular weight excluding hydrogens is 380 g/mol. The van der Waals surface area contributed by atoms with Gasteiger partial charge in [0.2, 0.25) is 10.0 Å². The first-order valence-corrected chi connectivity index (χ1v) is 8.61. The van der Waals surface area contributed by atoms with Crippen LogP contribution in [0.3, 0.4) is 0 Å². The van der Waals surface area contributed by atoms with Gasteiger partial charge in [0.15, 0.2) is 0 Å². The van der Waals surface area contributed by atoms with Crippen LogP contribution in [-0.4, -0.2) is 13.4 Å². The minimum atomic E-state index is -3.79. The van der Waals surface area contributed by atoms with Crippen LogP contribution in [0.1, 0.15) is 18.5 Å². The van der Waals surface area contributed by atoms with Crippen LogP contribution >= 0.6 is 27.5 Å². The third-order valence-electron chi connectivity index (χ3n) is 2.85. The molecule has 2 N–H and O–H groups in total. The van der Waals surface area contributed by atoms with Crippen molar-refractivity contribution in [2.45, 2.75) is 17.9 Å². The molecule has 2 rings (SSSR count). The van der Waals surface area contributed by atoms with Crippen molar-refractivity contribution in [1.82, 2.24) is 9.71 Å². The van der Waals surface area contributed by atoms with Crippen molar-refractivity contribution < 1.29 is 8.42 Å². The molecule has 1 heterocycles. The predicted octanol–water partition coefficient (Wildman–Crippen LogP) is 2.83. The van der Waals surface area contributed by atoms with Gasteiger partial charge in [-0.25, -0.2) is 13.1 Å². The van der Waals surface area contributed by atoms with Crippen molar-refractivity contribution in [3.63, 3.8) is 0 Å². The van der Waals surface area contributed by atoms with Crippen molar-refractivity contribution in [2.75, 3.05) is 0 Å². The average molecular weight is 392 g/mol. The number of rotatable bonds is 4. The van der Waals surface area contributed by atoms with Gasteiger partial charge in [0.05, 0.1) is 4.90 Å². The Kier molecular flexibility index (Phi) is 4.88. The fourth-order valence-electron chi connectivity index (χ4n) is 1.78. The standard InChI is InChI=1S/C13H12BrClN2O3S/c1-8(10-4-2-3-5-11(10)14)17-21(19,20)9-6-12(15)13(18)16-7-9/h2-8,17H,1H3,(H,16,18). The first-order valence-electron chi connectivity index (χ1n) is 5.96. The van der Waals surface area contributed by atoms with Crippen LogP contribution in [0.4, 0.5) is 0 Å². The first kappa shape index (κ1) is 16.2. The van der Waals surface area contributed by atoms with Crippen LogP contribution < -0.4 is 10.3 Å². The van der Waals surface area contributed by atoms with Crippen molar-refractivity contribution >= 4 is 37.6 Å². The number of hydrogen-bond acceptors (Lipinski definition) is 3. The highest BCUT2D eigenvalue weighted by atomic mass is 79.9. The molecule has 0 spiro atoms. The number of hydrogen-bond donors (Lipinski definition) is 2. The Hall–Kier alpha value is -1.15. The van der Waals surface area contributed by atoms with Crippen LogP contribution in [0, 0.1) is 0 Å². The molecule has 21 heavy (non-hydrogen) atoms. The highest BCUT2D eigenvalue weighted by molar-refractivity contribution is 9.10. The molecule has 1 aromatic heterocycles. The number of sulfonamides is 1. The zero-order valence-corrected chi connectivity index (χ0v) is 14.1. The molecule has 1 unspecified atom stereocenters. The average Bonchev–Trinajstić information content (AvgIpc) is 2.41. The Morgan fingerprint density at radius 3 is 2.62 bits per heavy atom. The molecule has 0 aliphatic carbocycles. The molecule has 1 atom stereocenters. The van der Waals surface area contributed by atoms with Crippen molar-refractivity contribution in [1.29, 1.82) is 0 Å². The van der Waals surface area contributed by atoms with E-state index in [0.29, 0.717) is 0 Å². The second-order valence-electron chi connectivity index (χ2n) is 4.38. The molecule has 0 fully saturated rings. The number of halogens is 2. The van der Waals surface area contributed by atoms with Crippen LogP contribution in [0.15, 0.2) is 50.7 Å². The van der Waals surface area contributed by atoms with E-state index in [-0.39, 0.29) is 9.92 Å². The van der Waals surface area contributed by atoms with Crippen molar-refractivity contribution in [2.24, 2.45) is 0 Å². The molecule has 0 amide bonds. The highest BCUT2D eigenvalue weighted by Crippen LogP contribution is 2.24. The Bertz CT molecular complexity index is 820. The Morgan fingerprint density at radius 2 is 2.00 bits per heavy atom. The maximum absolute atomic E-state index is 12.3. The quantitative estimate of drug-likeness (QED) is 0.841. The van der Waals surface area contributed by atoms with E-state index in [1.54, 1.807) is 6.92 Å². The third kappa shape index (κ3) is 3.74. The van der Waals surface area contributed by atoms with E-state index in [9.17, 15) is 13.2 Å². The lowest BCUT2D eigenvalue weighted by Crippen LogP contribution is -2.27. The number of benzene rings is 1. The van der Waals surface area contributed by atoms with Crippen molar-refractivity contribution in [3.8, 4) is 0 Å². The van der Waals surface area contributed by atoms with E-state index < -0.39 is 21.6 Å². The summed E-state index contributed by atoms with van der Waals surface area (Å²) in [5.41, 5.74) is 0.270. The molecule has 8 heteroatoms. The summed E-state index contributed by atoms with van der Waals surface area (Å²) in [5.74, 6) is 0. The summed E-state index contributed by atoms with van der Waals surface area (Å²) < 4.78 is 27.9. The molecule has 0 aliphatic heterocycles.